The third kappa shape index (κ3) is 4.19. The number of nitrogens with one attached hydrogen (secondary N) is 1. The van der Waals surface area contributed by atoms with Crippen LogP contribution in [0.1, 0.15) is 39.9 Å². The molecule has 25 heavy (non-hydrogen) atoms. The van der Waals surface area contributed by atoms with Crippen LogP contribution in [0.25, 0.3) is 10.2 Å². The first-order chi connectivity index (χ1) is 11.7. The van der Waals surface area contributed by atoms with Gasteiger partial charge >= 0.3 is 6.09 Å². The third-order valence-corrected chi connectivity index (χ3v) is 4.91. The van der Waals surface area contributed by atoms with E-state index in [9.17, 15) is 9.59 Å². The molecule has 0 bridgehead atoms. The van der Waals surface area contributed by atoms with Crippen LogP contribution >= 0.6 is 11.3 Å². The van der Waals surface area contributed by atoms with Crippen molar-refractivity contribution >= 4 is 27.6 Å². The number of carbonyl (C=O) groups excluding carboxylic acids is 1. The lowest BCUT2D eigenvalue weighted by Gasteiger charge is -2.27. The molecule has 3 rings (SSSR count). The van der Waals surface area contributed by atoms with Crippen molar-refractivity contribution in [3.63, 3.8) is 0 Å². The summed E-state index contributed by atoms with van der Waals surface area (Å²) in [4.78, 5) is 33.0. The van der Waals surface area contributed by atoms with Gasteiger partial charge in [-0.3, -0.25) is 4.79 Å². The molecular weight excluding hydrogens is 342 g/mol. The molecule has 2 aromatic rings. The average molecular weight is 365 g/mol. The van der Waals surface area contributed by atoms with E-state index in [0.717, 1.165) is 0 Å². The van der Waals surface area contributed by atoms with Crippen LogP contribution in [0.15, 0.2) is 16.2 Å². The minimum Gasteiger partial charge on any atom is -0.444 e. The van der Waals surface area contributed by atoms with Crippen molar-refractivity contribution in [3.05, 3.63) is 27.6 Å². The summed E-state index contributed by atoms with van der Waals surface area (Å²) < 4.78 is 12.0. The fourth-order valence-electron chi connectivity index (χ4n) is 2.77. The molecule has 1 saturated heterocycles. The van der Waals surface area contributed by atoms with Crippen molar-refractivity contribution in [1.82, 2.24) is 14.9 Å². The van der Waals surface area contributed by atoms with Gasteiger partial charge in [0.05, 0.1) is 17.7 Å². The summed E-state index contributed by atoms with van der Waals surface area (Å²) in [6.45, 7) is 8.72. The number of carbonyl (C=O) groups is 1. The second-order valence-corrected chi connectivity index (χ2v) is 8.45. The number of aromatic amines is 1. The zero-order valence-corrected chi connectivity index (χ0v) is 15.7. The molecule has 2 aromatic heterocycles. The third-order valence-electron chi connectivity index (χ3n) is 4.01. The van der Waals surface area contributed by atoms with Crippen molar-refractivity contribution < 1.29 is 14.3 Å². The quantitative estimate of drug-likeness (QED) is 0.904. The molecule has 0 aromatic carbocycles. The lowest BCUT2D eigenvalue weighted by Crippen LogP contribution is -2.39. The Bertz CT molecular complexity index is 838. The number of hydrogen-bond donors (Lipinski definition) is 1. The molecule has 1 unspecified atom stereocenters. The fraction of sp³-hybridized carbons (Fsp3) is 0.588. The van der Waals surface area contributed by atoms with E-state index in [1.165, 1.54) is 11.3 Å². The molecule has 0 saturated carbocycles. The molecule has 136 valence electrons. The molecule has 1 atom stereocenters. The summed E-state index contributed by atoms with van der Waals surface area (Å²) in [5.74, 6) is 0.493. The Morgan fingerprint density at radius 1 is 1.48 bits per heavy atom. The van der Waals surface area contributed by atoms with Gasteiger partial charge in [-0.2, -0.15) is 0 Å². The molecule has 0 radical (unpaired) electrons. The Labute approximate surface area is 150 Å². The van der Waals surface area contributed by atoms with E-state index in [2.05, 4.69) is 9.97 Å². The smallest absolute Gasteiger partial charge is 0.410 e. The number of hydrogen-bond acceptors (Lipinski definition) is 6. The Morgan fingerprint density at radius 2 is 2.24 bits per heavy atom. The van der Waals surface area contributed by atoms with Gasteiger partial charge in [0.25, 0.3) is 5.56 Å². The van der Waals surface area contributed by atoms with Crippen LogP contribution < -0.4 is 5.56 Å². The zero-order chi connectivity index (χ0) is 18.2. The molecule has 7 nitrogen and oxygen atoms in total. The molecule has 1 amide bonds. The van der Waals surface area contributed by atoms with Crippen LogP contribution in [-0.4, -0.2) is 45.3 Å². The van der Waals surface area contributed by atoms with Crippen molar-refractivity contribution in [3.8, 4) is 0 Å². The minimum atomic E-state index is -0.518. The number of rotatable bonds is 3. The number of aromatic nitrogens is 2. The Morgan fingerprint density at radius 3 is 2.96 bits per heavy atom. The lowest BCUT2D eigenvalue weighted by molar-refractivity contribution is -0.0399. The van der Waals surface area contributed by atoms with E-state index in [-0.39, 0.29) is 18.3 Å². The van der Waals surface area contributed by atoms with Crippen LogP contribution in [0.3, 0.4) is 0 Å². The Balaban J connectivity index is 1.62. The first kappa shape index (κ1) is 17.9. The maximum absolute atomic E-state index is 12.2. The number of fused-ring (bicyclic) bond motifs is 1. The number of H-pyrrole nitrogens is 1. The standard InChI is InChI=1S/C17H23N3O4S/c1-16(2,3)24-15(22)20-7-6-17(4,10-20)23-9-12-18-11-5-8-25-13(11)14(21)19-12/h5,8H,6-7,9-10H2,1-4H3,(H,18,19,21). The van der Waals surface area contributed by atoms with E-state index in [1.807, 2.05) is 39.1 Å². The highest BCUT2D eigenvalue weighted by Crippen LogP contribution is 2.27. The fourth-order valence-corrected chi connectivity index (χ4v) is 3.49. The van der Waals surface area contributed by atoms with Crippen LogP contribution in [0.2, 0.25) is 0 Å². The Hall–Kier alpha value is -1.93. The monoisotopic (exact) mass is 365 g/mol. The van der Waals surface area contributed by atoms with Crippen molar-refractivity contribution in [2.45, 2.75) is 51.9 Å². The van der Waals surface area contributed by atoms with Gasteiger partial charge in [0.2, 0.25) is 0 Å². The largest absolute Gasteiger partial charge is 0.444 e. The highest BCUT2D eigenvalue weighted by Gasteiger charge is 2.38. The number of ether oxygens (including phenoxy) is 2. The van der Waals surface area contributed by atoms with Crippen LogP contribution in [0, 0.1) is 0 Å². The molecule has 0 aliphatic carbocycles. The highest BCUT2D eigenvalue weighted by molar-refractivity contribution is 7.17. The summed E-state index contributed by atoms with van der Waals surface area (Å²) in [7, 11) is 0. The van der Waals surface area contributed by atoms with Gasteiger partial charge in [-0.1, -0.05) is 0 Å². The minimum absolute atomic E-state index is 0.148. The molecule has 1 fully saturated rings. The number of nitrogens with zero attached hydrogens (tertiary/aromatic N) is 2. The maximum Gasteiger partial charge on any atom is 0.410 e. The van der Waals surface area contributed by atoms with Gasteiger partial charge in [0.15, 0.2) is 0 Å². The van der Waals surface area contributed by atoms with Gasteiger partial charge in [0.1, 0.15) is 22.7 Å². The summed E-state index contributed by atoms with van der Waals surface area (Å²) in [5.41, 5.74) is -0.472. The first-order valence-electron chi connectivity index (χ1n) is 8.24. The van der Waals surface area contributed by atoms with Gasteiger partial charge in [-0.15, -0.1) is 11.3 Å². The SMILES string of the molecule is CC(C)(C)OC(=O)N1CCC(C)(OCc2nc3ccsc3c(=O)[nH]2)C1. The van der Waals surface area contributed by atoms with E-state index in [0.29, 0.717) is 35.6 Å². The van der Waals surface area contributed by atoms with E-state index < -0.39 is 11.2 Å². The Kier molecular flexibility index (Phi) is 4.59. The summed E-state index contributed by atoms with van der Waals surface area (Å²) in [6, 6.07) is 1.82. The number of amides is 1. The second kappa shape index (κ2) is 6.42. The normalized spacial score (nSPS) is 21.0. The maximum atomic E-state index is 12.2. The zero-order valence-electron chi connectivity index (χ0n) is 14.9. The van der Waals surface area contributed by atoms with Gasteiger partial charge in [-0.05, 0) is 45.6 Å². The van der Waals surface area contributed by atoms with E-state index >= 15 is 0 Å². The van der Waals surface area contributed by atoms with Crippen molar-refractivity contribution in [2.75, 3.05) is 13.1 Å². The predicted molar refractivity (Wildman–Crippen MR) is 95.9 cm³/mol. The molecule has 3 heterocycles. The van der Waals surface area contributed by atoms with Crippen LogP contribution in [-0.2, 0) is 16.1 Å². The molecule has 8 heteroatoms. The average Bonchev–Trinajstić information content (AvgIpc) is 3.11. The molecule has 1 aliphatic heterocycles. The predicted octanol–water partition coefficient (Wildman–Crippen LogP) is 2.90. The van der Waals surface area contributed by atoms with Gasteiger partial charge < -0.3 is 19.4 Å². The second-order valence-electron chi connectivity index (χ2n) is 7.54. The number of likely N-dealkylation sites (tertiary alicyclic amines) is 1. The molecule has 1 aliphatic rings. The number of thiophene rings is 1. The van der Waals surface area contributed by atoms with Crippen LogP contribution in [0.5, 0.6) is 0 Å². The molecule has 1 N–H and O–H groups in total. The van der Waals surface area contributed by atoms with Crippen molar-refractivity contribution in [2.24, 2.45) is 0 Å². The summed E-state index contributed by atoms with van der Waals surface area (Å²) in [6.07, 6.45) is 0.378. The molecular formula is C17H23N3O4S. The van der Waals surface area contributed by atoms with Gasteiger partial charge in [0, 0.05) is 6.54 Å². The van der Waals surface area contributed by atoms with E-state index in [1.54, 1.807) is 4.90 Å². The molecule has 0 spiro atoms. The summed E-state index contributed by atoms with van der Waals surface area (Å²) in [5, 5.41) is 1.84. The summed E-state index contributed by atoms with van der Waals surface area (Å²) >= 11 is 1.37. The van der Waals surface area contributed by atoms with E-state index in [4.69, 9.17) is 9.47 Å². The topological polar surface area (TPSA) is 84.5 Å². The first-order valence-corrected chi connectivity index (χ1v) is 9.11. The van der Waals surface area contributed by atoms with Gasteiger partial charge in [-0.25, -0.2) is 9.78 Å². The lowest BCUT2D eigenvalue weighted by atomic mass is 10.1. The van der Waals surface area contributed by atoms with Crippen molar-refractivity contribution in [1.29, 1.82) is 0 Å². The highest BCUT2D eigenvalue weighted by atomic mass is 32.1. The van der Waals surface area contributed by atoms with Crippen LogP contribution in [0.4, 0.5) is 4.79 Å².